The normalized spacial score (nSPS) is 12.0. The molecule has 0 aliphatic heterocycles. The fraction of sp³-hybridized carbons (Fsp3) is 0.304. The van der Waals surface area contributed by atoms with Gasteiger partial charge in [0.2, 0.25) is 0 Å². The number of hydrogen-bond donors (Lipinski definition) is 1. The molecule has 0 aliphatic carbocycles. The van der Waals surface area contributed by atoms with Crippen molar-refractivity contribution in [1.82, 2.24) is 4.98 Å². The molecule has 6 nitrogen and oxygen atoms in total. The van der Waals surface area contributed by atoms with E-state index in [9.17, 15) is 9.59 Å². The second-order valence-corrected chi connectivity index (χ2v) is 6.49. The van der Waals surface area contributed by atoms with Gasteiger partial charge in [-0.25, -0.2) is 0 Å². The van der Waals surface area contributed by atoms with E-state index in [0.717, 1.165) is 16.5 Å². The Morgan fingerprint density at radius 3 is 2.17 bits per heavy atom. The van der Waals surface area contributed by atoms with Crippen molar-refractivity contribution in [3.8, 4) is 5.75 Å². The third-order valence-corrected chi connectivity index (χ3v) is 4.84. The van der Waals surface area contributed by atoms with Crippen molar-refractivity contribution in [2.45, 2.75) is 19.8 Å². The van der Waals surface area contributed by atoms with Crippen LogP contribution in [0.1, 0.15) is 30.9 Å². The maximum Gasteiger partial charge on any atom is 0.321 e. The Bertz CT molecular complexity index is 976. The number of rotatable bonds is 8. The van der Waals surface area contributed by atoms with Gasteiger partial charge in [0.15, 0.2) is 5.92 Å². The maximum atomic E-state index is 12.9. The Balaban J connectivity index is 2.25. The minimum Gasteiger partial charge on any atom is -0.496 e. The van der Waals surface area contributed by atoms with E-state index < -0.39 is 23.8 Å². The number of carbonyl (C=O) groups excluding carboxylic acids is 2. The zero-order valence-electron chi connectivity index (χ0n) is 16.8. The van der Waals surface area contributed by atoms with Gasteiger partial charge in [0.05, 0.1) is 20.3 Å². The number of hydrogen-bond acceptors (Lipinski definition) is 5. The maximum absolute atomic E-state index is 12.9. The third kappa shape index (κ3) is 4.11. The van der Waals surface area contributed by atoms with Crippen LogP contribution in [-0.4, -0.2) is 37.2 Å². The lowest BCUT2D eigenvalue weighted by Gasteiger charge is -2.26. The van der Waals surface area contributed by atoms with Crippen molar-refractivity contribution in [2.24, 2.45) is 5.92 Å². The zero-order chi connectivity index (χ0) is 20.8. The average molecular weight is 395 g/mol. The molecule has 0 radical (unpaired) electrons. The van der Waals surface area contributed by atoms with E-state index in [1.165, 1.54) is 0 Å². The molecule has 1 unspecified atom stereocenters. The fourth-order valence-electron chi connectivity index (χ4n) is 3.63. The van der Waals surface area contributed by atoms with Gasteiger partial charge in [0.25, 0.3) is 0 Å². The smallest absolute Gasteiger partial charge is 0.321 e. The molecule has 1 N–H and O–H groups in total. The van der Waals surface area contributed by atoms with E-state index >= 15 is 0 Å². The molecule has 0 fully saturated rings. The number of carbonyl (C=O) groups is 2. The predicted octanol–water partition coefficient (Wildman–Crippen LogP) is 4.05. The standard InChI is InChI=1S/C23H25NO5/c1-4-28-22(25)21(23(26)29-5-2)20(16-11-7-9-13-19(16)27-3)17-14-24-18-12-8-6-10-15(17)18/h6-14,20-21,24H,4-5H2,1-3H3. The summed E-state index contributed by atoms with van der Waals surface area (Å²) in [7, 11) is 1.56. The number of aromatic nitrogens is 1. The van der Waals surface area contributed by atoms with Crippen LogP contribution in [0.4, 0.5) is 0 Å². The second kappa shape index (κ2) is 9.28. The van der Waals surface area contributed by atoms with Crippen molar-refractivity contribution < 1.29 is 23.8 Å². The average Bonchev–Trinajstić information content (AvgIpc) is 3.16. The molecule has 2 aromatic carbocycles. The topological polar surface area (TPSA) is 77.6 Å². The molecule has 6 heteroatoms. The molecule has 0 aliphatic rings. The first-order chi connectivity index (χ1) is 14.1. The van der Waals surface area contributed by atoms with Gasteiger partial charge >= 0.3 is 11.9 Å². The highest BCUT2D eigenvalue weighted by molar-refractivity contribution is 5.98. The number of ether oxygens (including phenoxy) is 3. The number of aromatic amines is 1. The first-order valence-electron chi connectivity index (χ1n) is 9.64. The van der Waals surface area contributed by atoms with Gasteiger partial charge in [-0.1, -0.05) is 36.4 Å². The lowest BCUT2D eigenvalue weighted by Crippen LogP contribution is -2.34. The van der Waals surface area contributed by atoms with Crippen LogP contribution in [0, 0.1) is 5.92 Å². The van der Waals surface area contributed by atoms with E-state index in [4.69, 9.17) is 14.2 Å². The van der Waals surface area contributed by atoms with Gasteiger partial charge in [-0.05, 0) is 31.5 Å². The predicted molar refractivity (Wildman–Crippen MR) is 110 cm³/mol. The summed E-state index contributed by atoms with van der Waals surface area (Å²) in [5.74, 6) is -2.45. The number of benzene rings is 2. The number of esters is 2. The van der Waals surface area contributed by atoms with Gasteiger partial charge in [-0.15, -0.1) is 0 Å². The Labute approximate surface area is 169 Å². The van der Waals surface area contributed by atoms with Crippen LogP contribution >= 0.6 is 0 Å². The van der Waals surface area contributed by atoms with Crippen LogP contribution in [0.5, 0.6) is 5.75 Å². The quantitative estimate of drug-likeness (QED) is 0.460. The minimum atomic E-state index is -1.16. The van der Waals surface area contributed by atoms with E-state index in [2.05, 4.69) is 4.98 Å². The van der Waals surface area contributed by atoms with E-state index in [1.54, 1.807) is 21.0 Å². The van der Waals surface area contributed by atoms with Crippen molar-refractivity contribution in [3.05, 3.63) is 65.9 Å². The Morgan fingerprint density at radius 1 is 0.897 bits per heavy atom. The summed E-state index contributed by atoms with van der Waals surface area (Å²) in [6, 6.07) is 15.1. The summed E-state index contributed by atoms with van der Waals surface area (Å²) in [6.45, 7) is 3.76. The van der Waals surface area contributed by atoms with Crippen LogP contribution in [0.3, 0.4) is 0 Å². The Hall–Kier alpha value is -3.28. The van der Waals surface area contributed by atoms with Crippen LogP contribution in [0.15, 0.2) is 54.7 Å². The molecular formula is C23H25NO5. The van der Waals surface area contributed by atoms with Crippen LogP contribution in [0.25, 0.3) is 10.9 Å². The molecule has 0 saturated heterocycles. The highest BCUT2D eigenvalue weighted by Gasteiger charge is 2.41. The third-order valence-electron chi connectivity index (χ3n) is 4.84. The Morgan fingerprint density at radius 2 is 1.52 bits per heavy atom. The van der Waals surface area contributed by atoms with Gasteiger partial charge in [-0.3, -0.25) is 9.59 Å². The van der Waals surface area contributed by atoms with Crippen molar-refractivity contribution in [2.75, 3.05) is 20.3 Å². The Kier molecular flexibility index (Phi) is 6.54. The van der Waals surface area contributed by atoms with E-state index in [-0.39, 0.29) is 13.2 Å². The molecule has 1 atom stereocenters. The van der Waals surface area contributed by atoms with E-state index in [0.29, 0.717) is 11.3 Å². The SMILES string of the molecule is CCOC(=O)C(C(=O)OCC)C(c1ccccc1OC)c1c[nH]c2ccccc12. The van der Waals surface area contributed by atoms with Gasteiger partial charge in [0.1, 0.15) is 5.75 Å². The number of fused-ring (bicyclic) bond motifs is 1. The molecule has 29 heavy (non-hydrogen) atoms. The molecule has 0 bridgehead atoms. The number of nitrogens with one attached hydrogen (secondary N) is 1. The molecule has 0 spiro atoms. The molecule has 0 saturated carbocycles. The van der Waals surface area contributed by atoms with Crippen LogP contribution in [-0.2, 0) is 19.1 Å². The number of methoxy groups -OCH3 is 1. The molecular weight excluding hydrogens is 370 g/mol. The van der Waals surface area contributed by atoms with Crippen molar-refractivity contribution >= 4 is 22.8 Å². The molecule has 3 rings (SSSR count). The summed E-state index contributed by atoms with van der Waals surface area (Å²) in [6.07, 6.45) is 1.83. The molecule has 152 valence electrons. The number of para-hydroxylation sites is 2. The monoisotopic (exact) mass is 395 g/mol. The lowest BCUT2D eigenvalue weighted by atomic mass is 9.80. The van der Waals surface area contributed by atoms with Gasteiger partial charge < -0.3 is 19.2 Å². The van der Waals surface area contributed by atoms with Gasteiger partial charge in [0, 0.05) is 28.6 Å². The second-order valence-electron chi connectivity index (χ2n) is 6.49. The molecule has 1 aromatic heterocycles. The van der Waals surface area contributed by atoms with Crippen LogP contribution < -0.4 is 4.74 Å². The molecule has 1 heterocycles. The fourth-order valence-corrected chi connectivity index (χ4v) is 3.63. The molecule has 3 aromatic rings. The van der Waals surface area contributed by atoms with Crippen LogP contribution in [0.2, 0.25) is 0 Å². The zero-order valence-corrected chi connectivity index (χ0v) is 16.8. The number of H-pyrrole nitrogens is 1. The summed E-state index contributed by atoms with van der Waals surface area (Å²) < 4.78 is 16.1. The highest BCUT2D eigenvalue weighted by Crippen LogP contribution is 2.41. The largest absolute Gasteiger partial charge is 0.496 e. The molecule has 0 amide bonds. The summed E-state index contributed by atoms with van der Waals surface area (Å²) in [5, 5.41) is 0.919. The minimum absolute atomic E-state index is 0.168. The summed E-state index contributed by atoms with van der Waals surface area (Å²) >= 11 is 0. The van der Waals surface area contributed by atoms with E-state index in [1.807, 2.05) is 54.7 Å². The first kappa shape index (κ1) is 20.5. The van der Waals surface area contributed by atoms with Crippen molar-refractivity contribution in [3.63, 3.8) is 0 Å². The lowest BCUT2D eigenvalue weighted by molar-refractivity contribution is -0.162. The summed E-state index contributed by atoms with van der Waals surface area (Å²) in [5.41, 5.74) is 2.43. The van der Waals surface area contributed by atoms with Crippen molar-refractivity contribution in [1.29, 1.82) is 0 Å². The highest BCUT2D eigenvalue weighted by atomic mass is 16.6. The summed E-state index contributed by atoms with van der Waals surface area (Å²) in [4.78, 5) is 29.1. The first-order valence-corrected chi connectivity index (χ1v) is 9.64. The van der Waals surface area contributed by atoms with Gasteiger partial charge in [-0.2, -0.15) is 0 Å².